The molecule has 0 unspecified atom stereocenters. The third kappa shape index (κ3) is 3.94. The maximum atomic E-state index is 12.9. The Hall–Kier alpha value is -2.07. The number of aliphatic hydroxyl groups is 1. The van der Waals surface area contributed by atoms with Crippen LogP contribution in [0.25, 0.3) is 0 Å². The molecule has 7 nitrogen and oxygen atoms in total. The molecule has 1 N–H and O–H groups in total. The average Bonchev–Trinajstić information content (AvgIpc) is 2.76. The van der Waals surface area contributed by atoms with Gasteiger partial charge >= 0.3 is 0 Å². The molecule has 0 radical (unpaired) electrons. The Morgan fingerprint density at radius 1 is 1.17 bits per heavy atom. The van der Waals surface area contributed by atoms with E-state index in [2.05, 4.69) is 6.58 Å². The Labute approximate surface area is 176 Å². The fourth-order valence-electron chi connectivity index (χ4n) is 3.63. The largest absolute Gasteiger partial charge is 0.388 e. The third-order valence-corrected chi connectivity index (χ3v) is 6.70. The fraction of sp³-hybridized carbons (Fsp3) is 0.364. The van der Waals surface area contributed by atoms with Crippen LogP contribution in [-0.2, 0) is 28.5 Å². The Balaban J connectivity index is 1.65. The summed E-state index contributed by atoms with van der Waals surface area (Å²) in [7, 11) is -4.15. The zero-order valence-corrected chi connectivity index (χ0v) is 17.3. The lowest BCUT2D eigenvalue weighted by molar-refractivity contribution is -0.334. The van der Waals surface area contributed by atoms with Crippen molar-refractivity contribution in [1.82, 2.24) is 0 Å². The van der Waals surface area contributed by atoms with E-state index in [0.29, 0.717) is 0 Å². The van der Waals surface area contributed by atoms with E-state index in [4.69, 9.17) is 18.4 Å². The van der Waals surface area contributed by atoms with Gasteiger partial charge in [-0.1, -0.05) is 54.1 Å². The summed E-state index contributed by atoms with van der Waals surface area (Å²) in [6.45, 7) is 5.61. The van der Waals surface area contributed by atoms with Crippen molar-refractivity contribution >= 4 is 10.1 Å². The van der Waals surface area contributed by atoms with Crippen LogP contribution in [0.5, 0.6) is 0 Å². The second kappa shape index (κ2) is 8.22. The van der Waals surface area contributed by atoms with Crippen molar-refractivity contribution in [3.8, 4) is 0 Å². The lowest BCUT2D eigenvalue weighted by Gasteiger charge is -2.50. The number of rotatable bonds is 5. The van der Waals surface area contributed by atoms with Crippen LogP contribution in [0.1, 0.15) is 17.4 Å². The predicted octanol–water partition coefficient (Wildman–Crippen LogP) is 2.50. The van der Waals surface area contributed by atoms with Crippen LogP contribution >= 0.6 is 0 Å². The van der Waals surface area contributed by atoms with Crippen LogP contribution in [0.3, 0.4) is 0 Å². The summed E-state index contributed by atoms with van der Waals surface area (Å²) in [6.07, 6.45) is -2.60. The van der Waals surface area contributed by atoms with Crippen molar-refractivity contribution in [1.29, 1.82) is 0 Å². The van der Waals surface area contributed by atoms with Gasteiger partial charge in [-0.05, 0) is 19.1 Å². The first-order valence-corrected chi connectivity index (χ1v) is 11.0. The smallest absolute Gasteiger partial charge is 0.297 e. The van der Waals surface area contributed by atoms with Crippen molar-refractivity contribution in [3.63, 3.8) is 0 Å². The zero-order chi connectivity index (χ0) is 21.4. The first kappa shape index (κ1) is 21.2. The molecule has 0 saturated carbocycles. The Morgan fingerprint density at radius 3 is 2.53 bits per heavy atom. The molecule has 0 bridgehead atoms. The number of benzene rings is 2. The van der Waals surface area contributed by atoms with Crippen molar-refractivity contribution in [2.24, 2.45) is 0 Å². The maximum absolute atomic E-state index is 12.9. The summed E-state index contributed by atoms with van der Waals surface area (Å²) in [5.74, 6) is 0. The summed E-state index contributed by atoms with van der Waals surface area (Å²) in [6, 6.07) is 15.5. The molecule has 0 amide bonds. The summed E-state index contributed by atoms with van der Waals surface area (Å²) in [4.78, 5) is 0.00247. The molecule has 0 aromatic heterocycles. The second-order valence-electron chi connectivity index (χ2n) is 7.48. The van der Waals surface area contributed by atoms with E-state index in [1.54, 1.807) is 12.1 Å². The molecular weight excluding hydrogens is 408 g/mol. The molecular formula is C22H24O7S. The molecule has 4 rings (SSSR count). The summed E-state index contributed by atoms with van der Waals surface area (Å²) >= 11 is 0. The monoisotopic (exact) mass is 432 g/mol. The van der Waals surface area contributed by atoms with Crippen molar-refractivity contribution in [2.75, 3.05) is 13.2 Å². The van der Waals surface area contributed by atoms with Gasteiger partial charge < -0.3 is 19.3 Å². The van der Waals surface area contributed by atoms with E-state index >= 15 is 0 Å². The average molecular weight is 432 g/mol. The number of aliphatic hydroxyl groups excluding tert-OH is 1. The molecule has 8 heteroatoms. The summed E-state index contributed by atoms with van der Waals surface area (Å²) in [5.41, 5.74) is 0.539. The normalized spacial score (nSPS) is 31.7. The Bertz CT molecular complexity index is 990. The molecule has 0 spiro atoms. The highest BCUT2D eigenvalue weighted by Crippen LogP contribution is 2.41. The third-order valence-electron chi connectivity index (χ3n) is 5.38. The van der Waals surface area contributed by atoms with Crippen LogP contribution in [0.4, 0.5) is 0 Å². The minimum atomic E-state index is -4.15. The van der Waals surface area contributed by atoms with Crippen molar-refractivity contribution < 1.29 is 31.9 Å². The van der Waals surface area contributed by atoms with E-state index in [9.17, 15) is 13.5 Å². The van der Waals surface area contributed by atoms with E-state index in [-0.39, 0.29) is 18.1 Å². The van der Waals surface area contributed by atoms with Gasteiger partial charge in [-0.3, -0.25) is 4.18 Å². The zero-order valence-electron chi connectivity index (χ0n) is 16.5. The van der Waals surface area contributed by atoms with Crippen LogP contribution in [0, 0.1) is 6.92 Å². The van der Waals surface area contributed by atoms with Crippen LogP contribution in [-0.4, -0.2) is 50.7 Å². The standard InChI is InChI=1S/C22H24O7S/c1-3-22-14-26-21(16-7-5-4-6-8-16)28-20(22)19(18(23)13-27-22)29-30(24,25)17-11-9-15(2)10-12-17/h3-12,18-21,23H,1,13-14H2,2H3/t18-,19+,20-,21+,22+/m0/s1. The number of ether oxygens (including phenoxy) is 3. The molecule has 30 heavy (non-hydrogen) atoms. The Morgan fingerprint density at radius 2 is 1.87 bits per heavy atom. The highest BCUT2D eigenvalue weighted by Gasteiger charge is 2.55. The number of hydrogen-bond acceptors (Lipinski definition) is 7. The van der Waals surface area contributed by atoms with Gasteiger partial charge in [-0.15, -0.1) is 6.58 Å². The molecule has 2 fully saturated rings. The van der Waals surface area contributed by atoms with E-state index in [0.717, 1.165) is 11.1 Å². The van der Waals surface area contributed by atoms with Crippen LogP contribution in [0.15, 0.2) is 72.1 Å². The van der Waals surface area contributed by atoms with Gasteiger partial charge in [0.05, 0.1) is 18.1 Å². The SMILES string of the molecule is C=C[C@@]12CO[C@@H](c3ccccc3)O[C@H]1[C@H](OS(=O)(=O)c1ccc(C)cc1)[C@@H](O)CO2. The van der Waals surface area contributed by atoms with E-state index in [1.807, 2.05) is 37.3 Å². The first-order chi connectivity index (χ1) is 14.3. The minimum absolute atomic E-state index is 0.00247. The van der Waals surface area contributed by atoms with Gasteiger partial charge in [-0.25, -0.2) is 0 Å². The summed E-state index contributed by atoms with van der Waals surface area (Å²) in [5, 5.41) is 10.6. The topological polar surface area (TPSA) is 91.3 Å². The quantitative estimate of drug-likeness (QED) is 0.573. The van der Waals surface area contributed by atoms with E-state index < -0.39 is 40.3 Å². The van der Waals surface area contributed by atoms with Crippen LogP contribution < -0.4 is 0 Å². The Kier molecular flexibility index (Phi) is 5.80. The molecule has 0 aliphatic carbocycles. The molecule has 2 aromatic carbocycles. The number of aryl methyl sites for hydroxylation is 1. The van der Waals surface area contributed by atoms with Gasteiger partial charge in [0.2, 0.25) is 0 Å². The fourth-order valence-corrected chi connectivity index (χ4v) is 4.73. The highest BCUT2D eigenvalue weighted by atomic mass is 32.2. The molecule has 2 saturated heterocycles. The van der Waals surface area contributed by atoms with Crippen molar-refractivity contribution in [3.05, 3.63) is 78.4 Å². The minimum Gasteiger partial charge on any atom is -0.388 e. The van der Waals surface area contributed by atoms with Crippen molar-refractivity contribution in [2.45, 2.75) is 42.0 Å². The maximum Gasteiger partial charge on any atom is 0.297 e. The molecule has 5 atom stereocenters. The van der Waals surface area contributed by atoms with Crippen LogP contribution in [0.2, 0.25) is 0 Å². The first-order valence-electron chi connectivity index (χ1n) is 9.62. The van der Waals surface area contributed by atoms with Gasteiger partial charge in [0.15, 0.2) is 6.29 Å². The molecule has 2 heterocycles. The molecule has 2 aromatic rings. The van der Waals surface area contributed by atoms with Gasteiger partial charge in [0, 0.05) is 5.56 Å². The second-order valence-corrected chi connectivity index (χ2v) is 9.05. The lowest BCUT2D eigenvalue weighted by Crippen LogP contribution is -2.66. The van der Waals surface area contributed by atoms with Gasteiger partial charge in [0.1, 0.15) is 23.9 Å². The summed E-state index contributed by atoms with van der Waals surface area (Å²) < 4.78 is 49.0. The van der Waals surface area contributed by atoms with Gasteiger partial charge in [-0.2, -0.15) is 8.42 Å². The highest BCUT2D eigenvalue weighted by molar-refractivity contribution is 7.86. The molecule has 2 aliphatic rings. The predicted molar refractivity (Wildman–Crippen MR) is 108 cm³/mol. The number of hydrogen-bond donors (Lipinski definition) is 1. The van der Waals surface area contributed by atoms with E-state index in [1.165, 1.54) is 18.2 Å². The molecule has 160 valence electrons. The molecule has 2 aliphatic heterocycles. The number of fused-ring (bicyclic) bond motifs is 1. The van der Waals surface area contributed by atoms with Gasteiger partial charge in [0.25, 0.3) is 10.1 Å². The lowest BCUT2D eigenvalue weighted by atomic mass is 9.87.